The van der Waals surface area contributed by atoms with Crippen molar-refractivity contribution in [2.75, 3.05) is 5.33 Å². The van der Waals surface area contributed by atoms with Crippen molar-refractivity contribution in [1.82, 2.24) is 5.32 Å². The summed E-state index contributed by atoms with van der Waals surface area (Å²) in [6.07, 6.45) is 0.901. The Kier molecular flexibility index (Phi) is 5.48. The van der Waals surface area contributed by atoms with E-state index in [1.807, 2.05) is 5.38 Å². The second-order valence-electron chi connectivity index (χ2n) is 4.97. The number of hydrogen-bond acceptors (Lipinski definition) is 2. The monoisotopic (exact) mass is 337 g/mol. The molecule has 96 valence electrons. The van der Waals surface area contributed by atoms with Gasteiger partial charge in [0.25, 0.3) is 5.91 Å². The molecular weight excluding hydrogens is 322 g/mol. The number of nitrogens with one attached hydrogen (secondary N) is 1. The van der Waals surface area contributed by atoms with Crippen LogP contribution in [0.4, 0.5) is 0 Å². The molecule has 2 nitrogen and oxygen atoms in total. The maximum Gasteiger partial charge on any atom is 0.263 e. The quantitative estimate of drug-likeness (QED) is 0.813. The van der Waals surface area contributed by atoms with Gasteiger partial charge in [-0.2, -0.15) is 0 Å². The Morgan fingerprint density at radius 2 is 2.24 bits per heavy atom. The second kappa shape index (κ2) is 6.21. The van der Waals surface area contributed by atoms with Gasteiger partial charge in [0.05, 0.1) is 5.02 Å². The van der Waals surface area contributed by atoms with E-state index in [-0.39, 0.29) is 17.4 Å². The Hall–Kier alpha value is -0.0600. The summed E-state index contributed by atoms with van der Waals surface area (Å²) in [7, 11) is 0. The molecule has 0 aliphatic heterocycles. The van der Waals surface area contributed by atoms with E-state index in [1.54, 1.807) is 6.07 Å². The van der Waals surface area contributed by atoms with Crippen molar-refractivity contribution in [2.24, 2.45) is 5.41 Å². The van der Waals surface area contributed by atoms with E-state index in [0.717, 1.165) is 11.8 Å². The largest absolute Gasteiger partial charge is 0.348 e. The van der Waals surface area contributed by atoms with Crippen LogP contribution in [0.5, 0.6) is 0 Å². The Balaban J connectivity index is 2.75. The number of hydrogen-bond donors (Lipinski definition) is 1. The van der Waals surface area contributed by atoms with E-state index < -0.39 is 0 Å². The lowest BCUT2D eigenvalue weighted by atomic mass is 9.85. The van der Waals surface area contributed by atoms with Crippen molar-refractivity contribution in [2.45, 2.75) is 33.2 Å². The number of rotatable bonds is 4. The van der Waals surface area contributed by atoms with Crippen LogP contribution < -0.4 is 5.32 Å². The fourth-order valence-corrected chi connectivity index (χ4v) is 3.01. The van der Waals surface area contributed by atoms with Gasteiger partial charge in [-0.1, -0.05) is 48.3 Å². The summed E-state index contributed by atoms with van der Waals surface area (Å²) in [5, 5.41) is 6.28. The van der Waals surface area contributed by atoms with Crippen LogP contribution in [0.25, 0.3) is 0 Å². The third-order valence-corrected chi connectivity index (χ3v) is 4.37. The van der Waals surface area contributed by atoms with Crippen molar-refractivity contribution in [1.29, 1.82) is 0 Å². The maximum absolute atomic E-state index is 12.1. The number of carbonyl (C=O) groups excluding carboxylic acids is 1. The van der Waals surface area contributed by atoms with Crippen molar-refractivity contribution in [3.05, 3.63) is 21.3 Å². The Morgan fingerprint density at radius 1 is 1.59 bits per heavy atom. The van der Waals surface area contributed by atoms with E-state index >= 15 is 0 Å². The third kappa shape index (κ3) is 4.27. The summed E-state index contributed by atoms with van der Waals surface area (Å²) >= 11 is 10.7. The van der Waals surface area contributed by atoms with Crippen LogP contribution in [0.15, 0.2) is 11.4 Å². The first kappa shape index (κ1) is 15.0. The molecule has 1 atom stereocenters. The average Bonchev–Trinajstić information content (AvgIpc) is 2.62. The molecule has 0 fully saturated rings. The summed E-state index contributed by atoms with van der Waals surface area (Å²) in [4.78, 5) is 12.7. The molecule has 0 aliphatic rings. The van der Waals surface area contributed by atoms with Crippen LogP contribution in [0.3, 0.4) is 0 Å². The molecule has 0 aromatic carbocycles. The lowest BCUT2D eigenvalue weighted by molar-refractivity contribution is 0.0905. The first-order valence-electron chi connectivity index (χ1n) is 5.46. The van der Waals surface area contributed by atoms with Crippen LogP contribution in [0, 0.1) is 5.41 Å². The first-order chi connectivity index (χ1) is 7.86. The fourth-order valence-electron chi connectivity index (χ4n) is 1.51. The van der Waals surface area contributed by atoms with E-state index in [2.05, 4.69) is 42.0 Å². The van der Waals surface area contributed by atoms with Gasteiger partial charge in [0.1, 0.15) is 4.88 Å². The van der Waals surface area contributed by atoms with Crippen LogP contribution in [-0.2, 0) is 0 Å². The highest BCUT2D eigenvalue weighted by Crippen LogP contribution is 2.25. The molecule has 1 amide bonds. The van der Waals surface area contributed by atoms with Gasteiger partial charge in [-0.05, 0) is 23.3 Å². The van der Waals surface area contributed by atoms with Crippen molar-refractivity contribution < 1.29 is 4.79 Å². The molecule has 0 bridgehead atoms. The highest BCUT2D eigenvalue weighted by molar-refractivity contribution is 9.09. The van der Waals surface area contributed by atoms with Crippen LogP contribution in [0.2, 0.25) is 5.02 Å². The Labute approximate surface area is 120 Å². The minimum absolute atomic E-state index is 0.0349. The smallest absolute Gasteiger partial charge is 0.263 e. The fraction of sp³-hybridized carbons (Fsp3) is 0.583. The van der Waals surface area contributed by atoms with Gasteiger partial charge in [-0.15, -0.1) is 11.3 Å². The molecule has 17 heavy (non-hydrogen) atoms. The van der Waals surface area contributed by atoms with Crippen LogP contribution in [0.1, 0.15) is 36.9 Å². The molecular formula is C12H17BrClNOS. The van der Waals surface area contributed by atoms with Crippen molar-refractivity contribution in [3.63, 3.8) is 0 Å². The average molecular weight is 339 g/mol. The Morgan fingerprint density at radius 3 is 2.65 bits per heavy atom. The molecule has 1 heterocycles. The van der Waals surface area contributed by atoms with Crippen molar-refractivity contribution in [3.8, 4) is 0 Å². The first-order valence-corrected chi connectivity index (χ1v) is 7.84. The molecule has 0 aliphatic carbocycles. The standard InChI is InChI=1S/C12H17BrClNOS/c1-12(2,3)9(4-6-13)15-11(16)10-8(14)5-7-17-10/h5,7,9H,4,6H2,1-3H3,(H,15,16). The number of carbonyl (C=O) groups is 1. The van der Waals surface area contributed by atoms with E-state index in [0.29, 0.717) is 9.90 Å². The maximum atomic E-state index is 12.1. The van der Waals surface area contributed by atoms with Crippen molar-refractivity contribution >= 4 is 44.8 Å². The number of halogens is 2. The van der Waals surface area contributed by atoms with E-state index in [4.69, 9.17) is 11.6 Å². The third-order valence-electron chi connectivity index (χ3n) is 2.57. The summed E-state index contributed by atoms with van der Waals surface area (Å²) in [5.74, 6) is -0.0779. The highest BCUT2D eigenvalue weighted by atomic mass is 79.9. The number of amides is 1. The molecule has 1 N–H and O–H groups in total. The van der Waals surface area contributed by atoms with Gasteiger partial charge in [0.2, 0.25) is 0 Å². The topological polar surface area (TPSA) is 29.1 Å². The predicted octanol–water partition coefficient (Wildman–Crippen LogP) is 4.33. The van der Waals surface area contributed by atoms with Gasteiger partial charge in [-0.25, -0.2) is 0 Å². The highest BCUT2D eigenvalue weighted by Gasteiger charge is 2.26. The zero-order valence-electron chi connectivity index (χ0n) is 10.2. The minimum Gasteiger partial charge on any atom is -0.348 e. The summed E-state index contributed by atoms with van der Waals surface area (Å²) in [5.41, 5.74) is 0.0349. The van der Waals surface area contributed by atoms with Gasteiger partial charge >= 0.3 is 0 Å². The molecule has 5 heteroatoms. The molecule has 1 rings (SSSR count). The van der Waals surface area contributed by atoms with Gasteiger partial charge < -0.3 is 5.32 Å². The van der Waals surface area contributed by atoms with Crippen LogP contribution >= 0.6 is 38.9 Å². The lowest BCUT2D eigenvalue weighted by Crippen LogP contribution is -2.43. The second-order valence-corrected chi connectivity index (χ2v) is 7.08. The number of alkyl halides is 1. The molecule has 1 unspecified atom stereocenters. The number of thiophene rings is 1. The molecule has 0 spiro atoms. The van der Waals surface area contributed by atoms with E-state index in [9.17, 15) is 4.79 Å². The Bertz CT molecular complexity index is 386. The zero-order valence-corrected chi connectivity index (χ0v) is 13.4. The van der Waals surface area contributed by atoms with Gasteiger partial charge in [0, 0.05) is 11.4 Å². The minimum atomic E-state index is -0.0779. The molecule has 0 radical (unpaired) electrons. The summed E-state index contributed by atoms with van der Waals surface area (Å²) < 4.78 is 0. The van der Waals surface area contributed by atoms with Gasteiger partial charge in [-0.3, -0.25) is 4.79 Å². The molecule has 0 saturated carbocycles. The molecule has 1 aromatic heterocycles. The summed E-state index contributed by atoms with van der Waals surface area (Å²) in [6.45, 7) is 6.36. The van der Waals surface area contributed by atoms with E-state index in [1.165, 1.54) is 11.3 Å². The SMILES string of the molecule is CC(C)(C)C(CCBr)NC(=O)c1sccc1Cl. The predicted molar refractivity (Wildman–Crippen MR) is 78.4 cm³/mol. The lowest BCUT2D eigenvalue weighted by Gasteiger charge is -2.31. The molecule has 0 saturated heterocycles. The van der Waals surface area contributed by atoms with Crippen LogP contribution in [-0.4, -0.2) is 17.3 Å². The summed E-state index contributed by atoms with van der Waals surface area (Å²) in [6, 6.07) is 1.88. The molecule has 1 aromatic rings. The van der Waals surface area contributed by atoms with Gasteiger partial charge in [0.15, 0.2) is 0 Å². The normalized spacial score (nSPS) is 13.5. The zero-order chi connectivity index (χ0) is 13.1.